The highest BCUT2D eigenvalue weighted by molar-refractivity contribution is 6.06. The number of hydrogen-bond acceptors (Lipinski definition) is 4. The van der Waals surface area contributed by atoms with Gasteiger partial charge in [0.15, 0.2) is 0 Å². The highest BCUT2D eigenvalue weighted by Gasteiger charge is 2.31. The van der Waals surface area contributed by atoms with E-state index in [2.05, 4.69) is 10.3 Å². The zero-order valence-electron chi connectivity index (χ0n) is 18.9. The van der Waals surface area contributed by atoms with Crippen LogP contribution in [0.25, 0.3) is 5.69 Å². The van der Waals surface area contributed by atoms with Gasteiger partial charge in [-0.1, -0.05) is 18.2 Å². The van der Waals surface area contributed by atoms with E-state index < -0.39 is 28.9 Å². The van der Waals surface area contributed by atoms with Gasteiger partial charge >= 0.3 is 5.69 Å². The number of halogens is 1. The van der Waals surface area contributed by atoms with E-state index in [1.807, 2.05) is 6.92 Å². The fourth-order valence-corrected chi connectivity index (χ4v) is 3.86. The summed E-state index contributed by atoms with van der Waals surface area (Å²) in [6.45, 7) is 3.40. The molecule has 34 heavy (non-hydrogen) atoms. The van der Waals surface area contributed by atoms with Crippen molar-refractivity contribution in [1.82, 2.24) is 14.5 Å². The Labute approximate surface area is 194 Å². The number of aromatic nitrogens is 2. The van der Waals surface area contributed by atoms with Crippen molar-refractivity contribution in [2.24, 2.45) is 0 Å². The smallest absolute Gasteiger partial charge is 0.322 e. The van der Waals surface area contributed by atoms with Crippen LogP contribution in [-0.4, -0.2) is 33.3 Å². The van der Waals surface area contributed by atoms with E-state index in [0.29, 0.717) is 28.1 Å². The van der Waals surface area contributed by atoms with Gasteiger partial charge in [-0.2, -0.15) is 0 Å². The predicted octanol–water partition coefficient (Wildman–Crippen LogP) is 2.75. The summed E-state index contributed by atoms with van der Waals surface area (Å²) in [5, 5.41) is 2.88. The number of aromatic amines is 1. The summed E-state index contributed by atoms with van der Waals surface area (Å²) < 4.78 is 14.7. The lowest BCUT2D eigenvalue weighted by atomic mass is 9.85. The number of H-pyrrole nitrogens is 1. The first-order chi connectivity index (χ1) is 16.1. The van der Waals surface area contributed by atoms with Gasteiger partial charge in [0.2, 0.25) is 5.91 Å². The van der Waals surface area contributed by atoms with Gasteiger partial charge in [-0.3, -0.25) is 23.9 Å². The quantitative estimate of drug-likeness (QED) is 0.622. The molecule has 0 aliphatic carbocycles. The van der Waals surface area contributed by atoms with Crippen molar-refractivity contribution in [2.45, 2.75) is 26.2 Å². The molecule has 0 saturated carbocycles. The summed E-state index contributed by atoms with van der Waals surface area (Å²) in [5.41, 5.74) is 2.01. The van der Waals surface area contributed by atoms with Crippen LogP contribution in [-0.2, 0) is 9.59 Å². The van der Waals surface area contributed by atoms with E-state index in [-0.39, 0.29) is 12.3 Å². The number of amides is 2. The van der Waals surface area contributed by atoms with Crippen LogP contribution in [0, 0.1) is 19.7 Å². The third-order valence-corrected chi connectivity index (χ3v) is 5.88. The minimum absolute atomic E-state index is 0.0758. The van der Waals surface area contributed by atoms with E-state index in [9.17, 15) is 23.6 Å². The molecular formula is C25H23FN4O4. The molecule has 2 heterocycles. The summed E-state index contributed by atoms with van der Waals surface area (Å²) in [7, 11) is 1.58. The predicted molar refractivity (Wildman–Crippen MR) is 125 cm³/mol. The standard InChI is InChI=1S/C25H23FN4O4/c1-14-4-9-18(30-12-15(2)23(32)28-25(30)34)10-21(14)27-24(33)20-13-29(3)22(31)11-19(20)16-5-7-17(26)8-6-16/h4-10,12-13,19H,11H2,1-3H3,(H,27,33)(H,28,32,34)/t19-/m0/s1. The van der Waals surface area contributed by atoms with E-state index in [1.165, 1.54) is 34.0 Å². The largest absolute Gasteiger partial charge is 0.332 e. The number of carbonyl (C=O) groups is 2. The van der Waals surface area contributed by atoms with Crippen LogP contribution in [0.2, 0.25) is 0 Å². The van der Waals surface area contributed by atoms with Crippen molar-refractivity contribution < 1.29 is 14.0 Å². The van der Waals surface area contributed by atoms with Gasteiger partial charge in [-0.05, 0) is 49.2 Å². The summed E-state index contributed by atoms with van der Waals surface area (Å²) in [5.74, 6) is -1.51. The second-order valence-corrected chi connectivity index (χ2v) is 8.29. The highest BCUT2D eigenvalue weighted by Crippen LogP contribution is 2.33. The SMILES string of the molecule is Cc1ccc(-n2cc(C)c(=O)[nH]c2=O)cc1NC(=O)C1=CN(C)C(=O)C[C@H]1c1ccc(F)cc1. The molecule has 3 aromatic rings. The molecule has 9 heteroatoms. The molecule has 1 atom stereocenters. The fourth-order valence-electron chi connectivity index (χ4n) is 3.86. The van der Waals surface area contributed by atoms with Gasteiger partial charge in [0, 0.05) is 48.6 Å². The zero-order valence-corrected chi connectivity index (χ0v) is 18.9. The minimum atomic E-state index is -0.594. The average molecular weight is 462 g/mol. The van der Waals surface area contributed by atoms with Crippen LogP contribution < -0.4 is 16.6 Å². The summed E-state index contributed by atoms with van der Waals surface area (Å²) in [4.78, 5) is 53.3. The molecule has 0 unspecified atom stereocenters. The van der Waals surface area contributed by atoms with Gasteiger partial charge in [0.1, 0.15) is 5.82 Å². The van der Waals surface area contributed by atoms with Crippen LogP contribution in [0.3, 0.4) is 0 Å². The molecular weight excluding hydrogens is 439 g/mol. The Hall–Kier alpha value is -4.27. The van der Waals surface area contributed by atoms with Crippen LogP contribution in [0.4, 0.5) is 10.1 Å². The lowest BCUT2D eigenvalue weighted by molar-refractivity contribution is -0.128. The maximum atomic E-state index is 13.4. The summed E-state index contributed by atoms with van der Waals surface area (Å²) in [6.07, 6.45) is 3.00. The van der Waals surface area contributed by atoms with Gasteiger partial charge in [-0.25, -0.2) is 9.18 Å². The zero-order chi connectivity index (χ0) is 24.6. The molecule has 0 bridgehead atoms. The van der Waals surface area contributed by atoms with Crippen molar-refractivity contribution in [3.05, 3.63) is 104 Å². The van der Waals surface area contributed by atoms with Crippen molar-refractivity contribution in [3.8, 4) is 5.69 Å². The number of nitrogens with zero attached hydrogens (tertiary/aromatic N) is 2. The first-order valence-corrected chi connectivity index (χ1v) is 10.6. The van der Waals surface area contributed by atoms with Crippen LogP contribution in [0.15, 0.2) is 70.0 Å². The number of nitrogens with one attached hydrogen (secondary N) is 2. The van der Waals surface area contributed by atoms with Crippen LogP contribution in [0.5, 0.6) is 0 Å². The van der Waals surface area contributed by atoms with Gasteiger partial charge in [0.25, 0.3) is 11.5 Å². The normalized spacial score (nSPS) is 15.8. The number of anilines is 1. The van der Waals surface area contributed by atoms with Crippen LogP contribution in [0.1, 0.15) is 29.0 Å². The fraction of sp³-hybridized carbons (Fsp3) is 0.200. The molecule has 0 spiro atoms. The topological polar surface area (TPSA) is 104 Å². The molecule has 2 N–H and O–H groups in total. The molecule has 1 aliphatic rings. The molecule has 4 rings (SSSR count). The van der Waals surface area contributed by atoms with Crippen LogP contribution >= 0.6 is 0 Å². The van der Waals surface area contributed by atoms with Gasteiger partial charge in [0.05, 0.1) is 5.69 Å². The molecule has 0 fully saturated rings. The molecule has 2 amide bonds. The Morgan fingerprint density at radius 1 is 1.06 bits per heavy atom. The first-order valence-electron chi connectivity index (χ1n) is 10.6. The summed E-state index contributed by atoms with van der Waals surface area (Å²) in [6, 6.07) is 10.8. The highest BCUT2D eigenvalue weighted by atomic mass is 19.1. The third-order valence-electron chi connectivity index (χ3n) is 5.88. The number of carbonyl (C=O) groups excluding carboxylic acids is 2. The molecule has 2 aromatic carbocycles. The molecule has 0 radical (unpaired) electrons. The van der Waals surface area contributed by atoms with Crippen molar-refractivity contribution in [1.29, 1.82) is 0 Å². The molecule has 8 nitrogen and oxygen atoms in total. The monoisotopic (exact) mass is 462 g/mol. The van der Waals surface area contributed by atoms with E-state index in [1.54, 1.807) is 44.3 Å². The summed E-state index contributed by atoms with van der Waals surface area (Å²) >= 11 is 0. The molecule has 174 valence electrons. The van der Waals surface area contributed by atoms with Crippen molar-refractivity contribution in [3.63, 3.8) is 0 Å². The number of aryl methyl sites for hydroxylation is 2. The lowest BCUT2D eigenvalue weighted by Crippen LogP contribution is -2.33. The Balaban J connectivity index is 1.69. The number of benzene rings is 2. The second-order valence-electron chi connectivity index (χ2n) is 8.29. The Morgan fingerprint density at radius 3 is 2.47 bits per heavy atom. The van der Waals surface area contributed by atoms with Crippen molar-refractivity contribution in [2.75, 3.05) is 12.4 Å². The van der Waals surface area contributed by atoms with E-state index >= 15 is 0 Å². The molecule has 1 aliphatic heterocycles. The van der Waals surface area contributed by atoms with Gasteiger partial charge in [-0.15, -0.1) is 0 Å². The van der Waals surface area contributed by atoms with E-state index in [0.717, 1.165) is 5.56 Å². The Morgan fingerprint density at radius 2 is 1.76 bits per heavy atom. The van der Waals surface area contributed by atoms with Crippen molar-refractivity contribution >= 4 is 17.5 Å². The Bertz CT molecular complexity index is 1440. The van der Waals surface area contributed by atoms with Gasteiger partial charge < -0.3 is 10.2 Å². The number of hydrogen-bond donors (Lipinski definition) is 2. The number of rotatable bonds is 4. The second kappa shape index (κ2) is 8.93. The van der Waals surface area contributed by atoms with E-state index in [4.69, 9.17) is 0 Å². The molecule has 0 saturated heterocycles. The average Bonchev–Trinajstić information content (AvgIpc) is 2.80. The maximum Gasteiger partial charge on any atom is 0.332 e. The Kier molecular flexibility index (Phi) is 6.02. The molecule has 1 aromatic heterocycles. The maximum absolute atomic E-state index is 13.4. The first kappa shape index (κ1) is 22.9. The lowest BCUT2D eigenvalue weighted by Gasteiger charge is -2.28. The minimum Gasteiger partial charge on any atom is -0.322 e. The third kappa shape index (κ3) is 4.45.